The van der Waals surface area contributed by atoms with E-state index in [1.807, 2.05) is 45.0 Å². The summed E-state index contributed by atoms with van der Waals surface area (Å²) in [5.74, 6) is 0.266. The highest BCUT2D eigenvalue weighted by Crippen LogP contribution is 2.19. The van der Waals surface area contributed by atoms with Crippen molar-refractivity contribution in [2.24, 2.45) is 0 Å². The van der Waals surface area contributed by atoms with Crippen molar-refractivity contribution in [3.63, 3.8) is 0 Å². The van der Waals surface area contributed by atoms with E-state index < -0.39 is 10.8 Å². The van der Waals surface area contributed by atoms with Gasteiger partial charge in [0.15, 0.2) is 0 Å². The van der Waals surface area contributed by atoms with Crippen LogP contribution in [0.25, 0.3) is 0 Å². The van der Waals surface area contributed by atoms with Gasteiger partial charge < -0.3 is 5.32 Å². The van der Waals surface area contributed by atoms with Crippen LogP contribution in [0.3, 0.4) is 0 Å². The van der Waals surface area contributed by atoms with Gasteiger partial charge in [-0.3, -0.25) is 14.0 Å². The molecule has 1 atom stereocenters. The Morgan fingerprint density at radius 2 is 2.00 bits per heavy atom. The summed E-state index contributed by atoms with van der Waals surface area (Å²) < 4.78 is 11.9. The highest BCUT2D eigenvalue weighted by Gasteiger charge is 2.19. The molecule has 1 aromatic carbocycles. The third-order valence-corrected chi connectivity index (χ3v) is 5.05. The second kappa shape index (κ2) is 6.83. The van der Waals surface area contributed by atoms with Crippen LogP contribution in [-0.2, 0) is 16.6 Å². The molecule has 0 aliphatic carbocycles. The number of hydrogen-bond acceptors (Lipinski definition) is 3. The fourth-order valence-corrected chi connectivity index (χ4v) is 2.72. The maximum atomic E-state index is 12.2. The molecule has 116 valence electrons. The quantitative estimate of drug-likeness (QED) is 0.940. The molecule has 0 aliphatic rings. The van der Waals surface area contributed by atoms with Gasteiger partial charge in [-0.05, 0) is 50.6 Å². The van der Waals surface area contributed by atoms with Gasteiger partial charge in [0, 0.05) is 39.4 Å². The number of nitrogens with one attached hydrogen (secondary N) is 1. The van der Waals surface area contributed by atoms with Crippen LogP contribution in [0.15, 0.2) is 48.8 Å². The first kappa shape index (κ1) is 16.4. The molecule has 4 nitrogen and oxygen atoms in total. The summed E-state index contributed by atoms with van der Waals surface area (Å²) in [4.78, 5) is 16.0. The Labute approximate surface area is 133 Å². The van der Waals surface area contributed by atoms with Gasteiger partial charge in [-0.25, -0.2) is 0 Å². The summed E-state index contributed by atoms with van der Waals surface area (Å²) in [6.45, 7) is 5.87. The summed E-state index contributed by atoms with van der Waals surface area (Å²) in [6.07, 6.45) is 3.15. The van der Waals surface area contributed by atoms with E-state index in [9.17, 15) is 9.00 Å². The highest BCUT2D eigenvalue weighted by molar-refractivity contribution is 7.85. The molecule has 0 aliphatic heterocycles. The van der Waals surface area contributed by atoms with Crippen molar-refractivity contribution in [3.8, 4) is 0 Å². The third kappa shape index (κ3) is 4.49. The summed E-state index contributed by atoms with van der Waals surface area (Å²) in [7, 11) is -0.968. The molecule has 0 radical (unpaired) electrons. The van der Waals surface area contributed by atoms with Crippen molar-refractivity contribution in [2.45, 2.75) is 31.3 Å². The van der Waals surface area contributed by atoms with Crippen LogP contribution in [0.5, 0.6) is 0 Å². The van der Waals surface area contributed by atoms with Crippen LogP contribution in [-0.4, -0.2) is 19.8 Å². The van der Waals surface area contributed by atoms with Crippen LogP contribution in [0.2, 0.25) is 0 Å². The fourth-order valence-electron chi connectivity index (χ4n) is 1.81. The monoisotopic (exact) mass is 316 g/mol. The third-order valence-electron chi connectivity index (χ3n) is 3.09. The van der Waals surface area contributed by atoms with Gasteiger partial charge in [0.05, 0.1) is 5.56 Å². The maximum Gasteiger partial charge on any atom is 0.257 e. The van der Waals surface area contributed by atoms with Gasteiger partial charge in [0.25, 0.3) is 5.91 Å². The Bertz CT molecular complexity index is 679. The lowest BCUT2D eigenvalue weighted by Crippen LogP contribution is -2.23. The number of benzene rings is 1. The van der Waals surface area contributed by atoms with Gasteiger partial charge in [0.1, 0.15) is 0 Å². The molecule has 5 heteroatoms. The summed E-state index contributed by atoms with van der Waals surface area (Å²) in [5, 5.41) is 2.83. The normalized spacial score (nSPS) is 12.7. The molecule has 0 bridgehead atoms. The number of nitrogens with zero attached hydrogens (tertiary/aromatic N) is 1. The second-order valence-electron chi connectivity index (χ2n) is 6.00. The fraction of sp³-hybridized carbons (Fsp3) is 0.294. The van der Waals surface area contributed by atoms with Crippen LogP contribution < -0.4 is 5.32 Å². The molecular formula is C17H20N2O2S. The molecule has 0 saturated heterocycles. The summed E-state index contributed by atoms with van der Waals surface area (Å²) >= 11 is 0. The van der Waals surface area contributed by atoms with Crippen LogP contribution in [0, 0.1) is 0 Å². The summed E-state index contributed by atoms with van der Waals surface area (Å²) in [6, 6.07) is 10.9. The predicted octanol–water partition coefficient (Wildman–Crippen LogP) is 3.38. The van der Waals surface area contributed by atoms with E-state index in [1.165, 1.54) is 6.20 Å². The minimum atomic E-state index is -0.968. The van der Waals surface area contributed by atoms with E-state index in [0.717, 1.165) is 5.56 Å². The smallest absolute Gasteiger partial charge is 0.257 e. The Morgan fingerprint density at radius 1 is 1.23 bits per heavy atom. The first-order chi connectivity index (χ1) is 10.4. The summed E-state index contributed by atoms with van der Waals surface area (Å²) in [5.41, 5.74) is 2.14. The number of aromatic nitrogens is 1. The molecule has 2 aromatic rings. The van der Waals surface area contributed by atoms with Crippen molar-refractivity contribution in [2.75, 3.05) is 5.32 Å². The molecule has 22 heavy (non-hydrogen) atoms. The molecule has 2 rings (SSSR count). The Morgan fingerprint density at radius 3 is 2.64 bits per heavy atom. The first-order valence-corrected chi connectivity index (χ1v) is 8.37. The molecule has 1 amide bonds. The molecule has 0 saturated carbocycles. The van der Waals surface area contributed by atoms with E-state index in [0.29, 0.717) is 17.0 Å². The lowest BCUT2D eigenvalue weighted by molar-refractivity contribution is 0.102. The Hall–Kier alpha value is -2.01. The second-order valence-corrected chi connectivity index (χ2v) is 8.20. The lowest BCUT2D eigenvalue weighted by Gasteiger charge is -2.18. The lowest BCUT2D eigenvalue weighted by atomic mass is 10.2. The standard InChI is InChI=1S/C17H20N2O2S/c1-17(2,3)22(21)12-13-6-4-8-15(10-13)19-16(20)14-7-5-9-18-11-14/h4-11H,12H2,1-3H3,(H,19,20)/t22-/m1/s1. The van der Waals surface area contributed by atoms with Crippen molar-refractivity contribution >= 4 is 22.4 Å². The zero-order valence-corrected chi connectivity index (χ0v) is 13.8. The minimum absolute atomic E-state index is 0.206. The average Bonchev–Trinajstić information content (AvgIpc) is 2.47. The van der Waals surface area contributed by atoms with Gasteiger partial charge in [-0.15, -0.1) is 0 Å². The number of carbonyl (C=O) groups excluding carboxylic acids is 1. The molecular weight excluding hydrogens is 296 g/mol. The molecule has 0 unspecified atom stereocenters. The number of rotatable bonds is 4. The van der Waals surface area contributed by atoms with Gasteiger partial charge >= 0.3 is 0 Å². The number of pyridine rings is 1. The Balaban J connectivity index is 2.09. The van der Waals surface area contributed by atoms with Crippen molar-refractivity contribution < 1.29 is 9.00 Å². The van der Waals surface area contributed by atoms with Crippen LogP contribution in [0.1, 0.15) is 36.7 Å². The molecule has 0 spiro atoms. The van der Waals surface area contributed by atoms with E-state index in [2.05, 4.69) is 10.3 Å². The number of hydrogen-bond donors (Lipinski definition) is 1. The maximum absolute atomic E-state index is 12.2. The van der Waals surface area contributed by atoms with Crippen LogP contribution >= 0.6 is 0 Å². The van der Waals surface area contributed by atoms with Crippen LogP contribution in [0.4, 0.5) is 5.69 Å². The first-order valence-electron chi connectivity index (χ1n) is 7.05. The highest BCUT2D eigenvalue weighted by atomic mass is 32.2. The van der Waals surface area contributed by atoms with Crippen molar-refractivity contribution in [1.29, 1.82) is 0 Å². The topological polar surface area (TPSA) is 59.1 Å². The number of carbonyl (C=O) groups is 1. The molecule has 1 N–H and O–H groups in total. The van der Waals surface area contributed by atoms with E-state index in [4.69, 9.17) is 0 Å². The van der Waals surface area contributed by atoms with Gasteiger partial charge in [0.2, 0.25) is 0 Å². The number of anilines is 1. The van der Waals surface area contributed by atoms with Gasteiger partial charge in [-0.2, -0.15) is 0 Å². The number of amides is 1. The zero-order valence-electron chi connectivity index (χ0n) is 13.0. The molecule has 0 fully saturated rings. The molecule has 1 heterocycles. The van der Waals surface area contributed by atoms with E-state index in [1.54, 1.807) is 18.3 Å². The van der Waals surface area contributed by atoms with Crippen molar-refractivity contribution in [1.82, 2.24) is 4.98 Å². The SMILES string of the molecule is CC(C)(C)[S@](=O)Cc1cccc(NC(=O)c2cccnc2)c1. The molecule has 1 aromatic heterocycles. The minimum Gasteiger partial charge on any atom is -0.322 e. The van der Waals surface area contributed by atoms with E-state index in [-0.39, 0.29) is 10.7 Å². The van der Waals surface area contributed by atoms with Crippen molar-refractivity contribution in [3.05, 3.63) is 59.9 Å². The van der Waals surface area contributed by atoms with Gasteiger partial charge in [-0.1, -0.05) is 12.1 Å². The zero-order chi connectivity index (χ0) is 16.2. The van der Waals surface area contributed by atoms with E-state index >= 15 is 0 Å². The average molecular weight is 316 g/mol. The Kier molecular flexibility index (Phi) is 5.08. The predicted molar refractivity (Wildman–Crippen MR) is 90.2 cm³/mol. The largest absolute Gasteiger partial charge is 0.322 e.